The SMILES string of the molecule is N#Cc1ccccc1NS(=O)(=O)c1ccc(F)c(F)c1. The predicted octanol–water partition coefficient (Wildman–Crippen LogP) is 2.64. The Morgan fingerprint density at radius 2 is 1.75 bits per heavy atom. The van der Waals surface area contributed by atoms with Crippen LogP contribution in [0.5, 0.6) is 0 Å². The van der Waals surface area contributed by atoms with E-state index in [2.05, 4.69) is 4.72 Å². The molecule has 0 amide bonds. The lowest BCUT2D eigenvalue weighted by atomic mass is 10.2. The second kappa shape index (κ2) is 5.27. The third kappa shape index (κ3) is 2.75. The minimum Gasteiger partial charge on any atom is -0.278 e. The van der Waals surface area contributed by atoms with Crippen LogP contribution in [0.3, 0.4) is 0 Å². The fourth-order valence-corrected chi connectivity index (χ4v) is 2.61. The van der Waals surface area contributed by atoms with Crippen LogP contribution in [0.15, 0.2) is 47.4 Å². The Labute approximate surface area is 114 Å². The minimum absolute atomic E-state index is 0.0692. The molecule has 0 aliphatic rings. The summed E-state index contributed by atoms with van der Waals surface area (Å²) in [6, 6.07) is 10.0. The van der Waals surface area contributed by atoms with Crippen LogP contribution in [0.2, 0.25) is 0 Å². The van der Waals surface area contributed by atoms with Gasteiger partial charge in [0.05, 0.1) is 16.1 Å². The standard InChI is InChI=1S/C13H8F2N2O2S/c14-11-6-5-10(7-12(11)15)20(18,19)17-13-4-2-1-3-9(13)8-16/h1-7,17H. The van der Waals surface area contributed by atoms with Gasteiger partial charge in [0.1, 0.15) is 6.07 Å². The lowest BCUT2D eigenvalue weighted by molar-refractivity contribution is 0.504. The largest absolute Gasteiger partial charge is 0.278 e. The van der Waals surface area contributed by atoms with Crippen molar-refractivity contribution in [1.82, 2.24) is 0 Å². The van der Waals surface area contributed by atoms with Crippen molar-refractivity contribution in [3.8, 4) is 6.07 Å². The van der Waals surface area contributed by atoms with E-state index in [4.69, 9.17) is 5.26 Å². The molecular weight excluding hydrogens is 286 g/mol. The number of benzene rings is 2. The van der Waals surface area contributed by atoms with E-state index in [-0.39, 0.29) is 11.3 Å². The van der Waals surface area contributed by atoms with E-state index in [0.29, 0.717) is 6.07 Å². The highest BCUT2D eigenvalue weighted by Crippen LogP contribution is 2.20. The summed E-state index contributed by atoms with van der Waals surface area (Å²) in [6.45, 7) is 0. The number of halogens is 2. The molecule has 0 unspecified atom stereocenters. The van der Waals surface area contributed by atoms with Gasteiger partial charge in [-0.2, -0.15) is 5.26 Å². The molecule has 0 atom stereocenters. The van der Waals surface area contributed by atoms with Crippen LogP contribution in [-0.4, -0.2) is 8.42 Å². The number of rotatable bonds is 3. The first-order chi connectivity index (χ1) is 9.44. The average Bonchev–Trinajstić information content (AvgIpc) is 2.42. The van der Waals surface area contributed by atoms with Gasteiger partial charge in [-0.3, -0.25) is 4.72 Å². The maximum atomic E-state index is 13.1. The molecule has 0 aliphatic carbocycles. The highest BCUT2D eigenvalue weighted by Gasteiger charge is 2.17. The average molecular weight is 294 g/mol. The third-order valence-electron chi connectivity index (χ3n) is 2.49. The second-order valence-corrected chi connectivity index (χ2v) is 5.52. The fraction of sp³-hybridized carbons (Fsp3) is 0. The summed E-state index contributed by atoms with van der Waals surface area (Å²) < 4.78 is 52.1. The smallest absolute Gasteiger partial charge is 0.262 e. The molecule has 4 nitrogen and oxygen atoms in total. The number of hydrogen-bond donors (Lipinski definition) is 1. The van der Waals surface area contributed by atoms with Crippen molar-refractivity contribution in [3.05, 3.63) is 59.7 Å². The number of nitrogens with zero attached hydrogens (tertiary/aromatic N) is 1. The lowest BCUT2D eigenvalue weighted by Crippen LogP contribution is -2.14. The summed E-state index contributed by atoms with van der Waals surface area (Å²) in [5.41, 5.74) is 0.193. The van der Waals surface area contributed by atoms with Crippen LogP contribution >= 0.6 is 0 Å². The molecule has 102 valence electrons. The first-order valence-electron chi connectivity index (χ1n) is 5.41. The van der Waals surface area contributed by atoms with Gasteiger partial charge in [-0.15, -0.1) is 0 Å². The van der Waals surface area contributed by atoms with Gasteiger partial charge in [0, 0.05) is 0 Å². The molecule has 0 aliphatic heterocycles. The predicted molar refractivity (Wildman–Crippen MR) is 68.3 cm³/mol. The number of anilines is 1. The summed E-state index contributed by atoms with van der Waals surface area (Å²) in [7, 11) is -4.09. The Kier molecular flexibility index (Phi) is 3.68. The van der Waals surface area contributed by atoms with Gasteiger partial charge in [-0.25, -0.2) is 17.2 Å². The van der Waals surface area contributed by atoms with E-state index >= 15 is 0 Å². The zero-order valence-corrected chi connectivity index (χ0v) is 10.8. The molecule has 0 saturated carbocycles. The maximum Gasteiger partial charge on any atom is 0.262 e. The van der Waals surface area contributed by atoms with E-state index in [1.165, 1.54) is 12.1 Å². The molecule has 2 rings (SSSR count). The molecule has 0 saturated heterocycles. The second-order valence-electron chi connectivity index (χ2n) is 3.84. The summed E-state index contributed by atoms with van der Waals surface area (Å²) in [5.74, 6) is -2.40. The molecule has 7 heteroatoms. The van der Waals surface area contributed by atoms with Gasteiger partial charge in [0.15, 0.2) is 11.6 Å². The first-order valence-corrected chi connectivity index (χ1v) is 6.89. The van der Waals surface area contributed by atoms with E-state index < -0.39 is 26.6 Å². The van der Waals surface area contributed by atoms with Gasteiger partial charge >= 0.3 is 0 Å². The van der Waals surface area contributed by atoms with Gasteiger partial charge in [0.25, 0.3) is 10.0 Å². The summed E-state index contributed by atoms with van der Waals surface area (Å²) in [5, 5.41) is 8.87. The van der Waals surface area contributed by atoms with Crippen LogP contribution in [0.1, 0.15) is 5.56 Å². The molecule has 0 aromatic heterocycles. The highest BCUT2D eigenvalue weighted by molar-refractivity contribution is 7.92. The van der Waals surface area contributed by atoms with Crippen molar-refractivity contribution in [3.63, 3.8) is 0 Å². The number of nitriles is 1. The quantitative estimate of drug-likeness (QED) is 0.946. The summed E-state index contributed by atoms with van der Waals surface area (Å²) in [6.07, 6.45) is 0. The summed E-state index contributed by atoms with van der Waals surface area (Å²) in [4.78, 5) is -0.427. The van der Waals surface area contributed by atoms with Crippen LogP contribution in [0.25, 0.3) is 0 Å². The van der Waals surface area contributed by atoms with Crippen molar-refractivity contribution < 1.29 is 17.2 Å². The number of sulfonamides is 1. The molecule has 1 N–H and O–H groups in total. The first kappa shape index (κ1) is 14.0. The monoisotopic (exact) mass is 294 g/mol. The number of nitrogens with one attached hydrogen (secondary N) is 1. The van der Waals surface area contributed by atoms with Crippen molar-refractivity contribution >= 4 is 15.7 Å². The van der Waals surface area contributed by atoms with Crippen LogP contribution < -0.4 is 4.72 Å². The molecule has 20 heavy (non-hydrogen) atoms. The third-order valence-corrected chi connectivity index (χ3v) is 3.86. The lowest BCUT2D eigenvalue weighted by Gasteiger charge is -2.09. The zero-order chi connectivity index (χ0) is 14.8. The molecule has 0 heterocycles. The van der Waals surface area contributed by atoms with Gasteiger partial charge < -0.3 is 0 Å². The molecule has 0 fully saturated rings. The van der Waals surface area contributed by atoms with E-state index in [9.17, 15) is 17.2 Å². The number of para-hydroxylation sites is 1. The van der Waals surface area contributed by atoms with Crippen LogP contribution in [0.4, 0.5) is 14.5 Å². The van der Waals surface area contributed by atoms with Gasteiger partial charge in [-0.1, -0.05) is 12.1 Å². The minimum atomic E-state index is -4.09. The topological polar surface area (TPSA) is 70.0 Å². The van der Waals surface area contributed by atoms with Crippen molar-refractivity contribution in [2.24, 2.45) is 0 Å². The van der Waals surface area contributed by atoms with E-state index in [0.717, 1.165) is 12.1 Å². The van der Waals surface area contributed by atoms with Crippen molar-refractivity contribution in [2.45, 2.75) is 4.90 Å². The molecule has 2 aromatic rings. The Morgan fingerprint density at radius 1 is 1.05 bits per heavy atom. The number of hydrogen-bond acceptors (Lipinski definition) is 3. The fourth-order valence-electron chi connectivity index (χ4n) is 1.52. The van der Waals surface area contributed by atoms with E-state index in [1.54, 1.807) is 12.1 Å². The molecule has 0 radical (unpaired) electrons. The van der Waals surface area contributed by atoms with E-state index in [1.807, 2.05) is 6.07 Å². The Bertz CT molecular complexity index is 798. The zero-order valence-electron chi connectivity index (χ0n) is 9.97. The highest BCUT2D eigenvalue weighted by atomic mass is 32.2. The maximum absolute atomic E-state index is 13.1. The molecular formula is C13H8F2N2O2S. The van der Waals surface area contributed by atoms with Gasteiger partial charge in [-0.05, 0) is 30.3 Å². The van der Waals surface area contributed by atoms with Crippen LogP contribution in [-0.2, 0) is 10.0 Å². The van der Waals surface area contributed by atoms with Crippen molar-refractivity contribution in [1.29, 1.82) is 5.26 Å². The Hall–Kier alpha value is -2.46. The Morgan fingerprint density at radius 3 is 2.40 bits per heavy atom. The summed E-state index contributed by atoms with van der Waals surface area (Å²) >= 11 is 0. The molecule has 0 bridgehead atoms. The molecule has 0 spiro atoms. The van der Waals surface area contributed by atoms with Crippen molar-refractivity contribution in [2.75, 3.05) is 4.72 Å². The van der Waals surface area contributed by atoms with Gasteiger partial charge in [0.2, 0.25) is 0 Å². The Balaban J connectivity index is 2.41. The molecule has 2 aromatic carbocycles. The van der Waals surface area contributed by atoms with Crippen LogP contribution in [0, 0.1) is 23.0 Å². The normalized spacial score (nSPS) is 10.8.